The van der Waals surface area contributed by atoms with Crippen molar-refractivity contribution >= 4 is 44.5 Å². The molecule has 1 N–H and O–H groups in total. The lowest BCUT2D eigenvalue weighted by molar-refractivity contribution is -0.132. The maximum atomic E-state index is 12.5. The molecule has 4 rings (SSSR count). The van der Waals surface area contributed by atoms with E-state index in [4.69, 9.17) is 0 Å². The van der Waals surface area contributed by atoms with Crippen molar-refractivity contribution in [1.82, 2.24) is 10.2 Å². The van der Waals surface area contributed by atoms with Crippen molar-refractivity contribution in [2.75, 3.05) is 36.8 Å². The second-order valence-electron chi connectivity index (χ2n) is 7.69. The molecule has 1 saturated heterocycles. The van der Waals surface area contributed by atoms with Crippen molar-refractivity contribution < 1.29 is 18.0 Å². The summed E-state index contributed by atoms with van der Waals surface area (Å²) in [6.45, 7) is 4.41. The highest BCUT2D eigenvalue weighted by Gasteiger charge is 2.33. The van der Waals surface area contributed by atoms with Crippen molar-refractivity contribution in [3.05, 3.63) is 23.8 Å². The molecule has 2 amide bonds. The van der Waals surface area contributed by atoms with Crippen molar-refractivity contribution in [1.29, 1.82) is 0 Å². The number of amides is 2. The predicted octanol–water partition coefficient (Wildman–Crippen LogP) is 1.68. The van der Waals surface area contributed by atoms with Gasteiger partial charge in [0, 0.05) is 43.1 Å². The quantitative estimate of drug-likeness (QED) is 0.771. The fourth-order valence-corrected chi connectivity index (χ4v) is 6.13. The SMILES string of the molecule is CC1CCCN(C(=O)CCNC(=O)c2ccc3c(c2)SC2=NS(=O)(=O)CCN23)C1. The van der Waals surface area contributed by atoms with Gasteiger partial charge in [0.15, 0.2) is 5.17 Å². The van der Waals surface area contributed by atoms with Crippen LogP contribution in [0.25, 0.3) is 0 Å². The molecule has 0 bridgehead atoms. The van der Waals surface area contributed by atoms with Crippen LogP contribution in [-0.4, -0.2) is 62.2 Å². The molecule has 3 aliphatic heterocycles. The zero-order valence-electron chi connectivity index (χ0n) is 16.3. The molecule has 29 heavy (non-hydrogen) atoms. The molecular weight excluding hydrogens is 412 g/mol. The number of likely N-dealkylation sites (tertiary alicyclic amines) is 1. The van der Waals surface area contributed by atoms with Gasteiger partial charge in [-0.3, -0.25) is 9.59 Å². The van der Waals surface area contributed by atoms with E-state index in [1.807, 2.05) is 15.9 Å². The average Bonchev–Trinajstić information content (AvgIpc) is 3.02. The van der Waals surface area contributed by atoms with Crippen molar-refractivity contribution in [3.63, 3.8) is 0 Å². The van der Waals surface area contributed by atoms with E-state index in [-0.39, 0.29) is 17.6 Å². The molecular formula is C19H24N4O4S2. The second-order valence-corrected chi connectivity index (χ2v) is 10.5. The van der Waals surface area contributed by atoms with Crippen LogP contribution >= 0.6 is 11.8 Å². The minimum Gasteiger partial charge on any atom is -0.352 e. The lowest BCUT2D eigenvalue weighted by Crippen LogP contribution is -2.40. The zero-order valence-corrected chi connectivity index (χ0v) is 17.9. The Kier molecular flexibility index (Phi) is 5.56. The monoisotopic (exact) mass is 436 g/mol. The highest BCUT2D eigenvalue weighted by atomic mass is 32.2. The fourth-order valence-electron chi connectivity index (χ4n) is 3.83. The Balaban J connectivity index is 1.35. The first-order valence-corrected chi connectivity index (χ1v) is 12.2. The number of hydrogen-bond donors (Lipinski definition) is 1. The van der Waals surface area contributed by atoms with Gasteiger partial charge in [0.25, 0.3) is 15.9 Å². The number of anilines is 1. The number of carbonyl (C=O) groups excluding carboxylic acids is 2. The Labute approximate surface area is 174 Å². The van der Waals surface area contributed by atoms with E-state index in [0.29, 0.717) is 36.2 Å². The third-order valence-electron chi connectivity index (χ3n) is 5.37. The molecule has 0 aliphatic carbocycles. The number of piperidine rings is 1. The Morgan fingerprint density at radius 1 is 1.31 bits per heavy atom. The lowest BCUT2D eigenvalue weighted by Gasteiger charge is -2.31. The zero-order chi connectivity index (χ0) is 20.6. The van der Waals surface area contributed by atoms with Gasteiger partial charge in [-0.2, -0.15) is 0 Å². The Morgan fingerprint density at radius 2 is 2.14 bits per heavy atom. The normalized spacial score (nSPS) is 22.5. The van der Waals surface area contributed by atoms with Crippen molar-refractivity contribution in [2.24, 2.45) is 10.3 Å². The third-order valence-corrected chi connectivity index (χ3v) is 7.68. The van der Waals surface area contributed by atoms with E-state index in [0.717, 1.165) is 36.5 Å². The Bertz CT molecular complexity index is 976. The molecule has 1 atom stereocenters. The number of nitrogens with one attached hydrogen (secondary N) is 1. The first-order chi connectivity index (χ1) is 13.8. The van der Waals surface area contributed by atoms with Gasteiger partial charge < -0.3 is 15.1 Å². The maximum absolute atomic E-state index is 12.5. The summed E-state index contributed by atoms with van der Waals surface area (Å²) in [4.78, 5) is 29.4. The van der Waals surface area contributed by atoms with Crippen LogP contribution in [-0.2, 0) is 14.8 Å². The number of hydrogen-bond acceptors (Lipinski definition) is 6. The molecule has 8 nitrogen and oxygen atoms in total. The van der Waals surface area contributed by atoms with Crippen LogP contribution in [0, 0.1) is 5.92 Å². The summed E-state index contributed by atoms with van der Waals surface area (Å²) in [5.41, 5.74) is 1.35. The van der Waals surface area contributed by atoms with Gasteiger partial charge in [-0.1, -0.05) is 6.92 Å². The topological polar surface area (TPSA) is 99.1 Å². The van der Waals surface area contributed by atoms with Crippen molar-refractivity contribution in [3.8, 4) is 0 Å². The summed E-state index contributed by atoms with van der Waals surface area (Å²) < 4.78 is 27.2. The van der Waals surface area contributed by atoms with E-state index in [1.165, 1.54) is 11.8 Å². The van der Waals surface area contributed by atoms with Gasteiger partial charge >= 0.3 is 0 Å². The maximum Gasteiger partial charge on any atom is 0.257 e. The largest absolute Gasteiger partial charge is 0.352 e. The van der Waals surface area contributed by atoms with E-state index in [9.17, 15) is 18.0 Å². The summed E-state index contributed by atoms with van der Waals surface area (Å²) in [7, 11) is -3.40. The summed E-state index contributed by atoms with van der Waals surface area (Å²) in [5.74, 6) is 0.359. The van der Waals surface area contributed by atoms with Crippen LogP contribution in [0.15, 0.2) is 27.5 Å². The Hall–Kier alpha value is -2.07. The highest BCUT2D eigenvalue weighted by molar-refractivity contribution is 8.15. The van der Waals surface area contributed by atoms with Crippen LogP contribution in [0.5, 0.6) is 0 Å². The van der Waals surface area contributed by atoms with Crippen LogP contribution < -0.4 is 10.2 Å². The Morgan fingerprint density at radius 3 is 2.93 bits per heavy atom. The third kappa shape index (κ3) is 4.42. The summed E-state index contributed by atoms with van der Waals surface area (Å²) in [6, 6.07) is 5.28. The number of benzene rings is 1. The minimum atomic E-state index is -3.40. The fraction of sp³-hybridized carbons (Fsp3) is 0.526. The van der Waals surface area contributed by atoms with Gasteiger partial charge in [0.2, 0.25) is 5.91 Å². The first-order valence-electron chi connectivity index (χ1n) is 9.80. The summed E-state index contributed by atoms with van der Waals surface area (Å²) in [5, 5.41) is 3.25. The molecule has 0 radical (unpaired) electrons. The standard InChI is InChI=1S/C19H24N4O4S2/c1-13-3-2-8-22(12-13)17(24)6-7-20-18(25)14-4-5-15-16(11-14)28-19-21-29(26,27)10-9-23(15)19/h4-5,11,13H,2-3,6-10,12H2,1H3,(H,20,25). The number of fused-ring (bicyclic) bond motifs is 3. The lowest BCUT2D eigenvalue weighted by atomic mass is 10.00. The van der Waals surface area contributed by atoms with E-state index in [2.05, 4.69) is 16.6 Å². The predicted molar refractivity (Wildman–Crippen MR) is 113 cm³/mol. The van der Waals surface area contributed by atoms with E-state index >= 15 is 0 Å². The van der Waals surface area contributed by atoms with Crippen LogP contribution in [0.3, 0.4) is 0 Å². The van der Waals surface area contributed by atoms with E-state index in [1.54, 1.807) is 12.1 Å². The number of rotatable bonds is 4. The van der Waals surface area contributed by atoms with Crippen LogP contribution in [0.1, 0.15) is 36.5 Å². The van der Waals surface area contributed by atoms with Gasteiger partial charge in [0.1, 0.15) is 0 Å². The smallest absolute Gasteiger partial charge is 0.257 e. The molecule has 1 aromatic rings. The number of sulfonamides is 1. The van der Waals surface area contributed by atoms with Gasteiger partial charge in [0.05, 0.1) is 11.4 Å². The first kappa shape index (κ1) is 20.2. The van der Waals surface area contributed by atoms with Gasteiger partial charge in [-0.15, -0.1) is 4.40 Å². The molecule has 0 spiro atoms. The molecule has 10 heteroatoms. The average molecular weight is 437 g/mol. The molecule has 0 aromatic heterocycles. The highest BCUT2D eigenvalue weighted by Crippen LogP contribution is 2.42. The minimum absolute atomic E-state index is 0.0113. The molecule has 1 unspecified atom stereocenters. The second kappa shape index (κ2) is 7.98. The summed E-state index contributed by atoms with van der Waals surface area (Å²) in [6.07, 6.45) is 2.49. The number of carbonyl (C=O) groups is 2. The summed E-state index contributed by atoms with van der Waals surface area (Å²) >= 11 is 1.26. The molecule has 1 aromatic carbocycles. The molecule has 156 valence electrons. The van der Waals surface area contributed by atoms with Crippen LogP contribution in [0.2, 0.25) is 0 Å². The number of amidine groups is 1. The van der Waals surface area contributed by atoms with Gasteiger partial charge in [-0.05, 0) is 48.7 Å². The van der Waals surface area contributed by atoms with Crippen LogP contribution in [0.4, 0.5) is 5.69 Å². The number of nitrogens with zero attached hydrogens (tertiary/aromatic N) is 3. The van der Waals surface area contributed by atoms with Gasteiger partial charge in [-0.25, -0.2) is 8.42 Å². The number of thioether (sulfide) groups is 1. The van der Waals surface area contributed by atoms with Crippen molar-refractivity contribution in [2.45, 2.75) is 31.1 Å². The molecule has 0 saturated carbocycles. The molecule has 1 fully saturated rings. The molecule has 3 heterocycles. The van der Waals surface area contributed by atoms with E-state index < -0.39 is 10.0 Å². The molecule has 3 aliphatic rings.